The minimum absolute atomic E-state index is 0.0925. The molecule has 0 bridgehead atoms. The zero-order chi connectivity index (χ0) is 17.5. The average Bonchev–Trinajstić information content (AvgIpc) is 3.12. The summed E-state index contributed by atoms with van der Waals surface area (Å²) < 4.78 is 7.40. The number of nitrogens with one attached hydrogen (secondary N) is 1. The van der Waals surface area contributed by atoms with Gasteiger partial charge >= 0.3 is 6.01 Å². The lowest BCUT2D eigenvalue weighted by Gasteiger charge is -2.14. The average molecular weight is 339 g/mol. The number of aliphatic hydroxyl groups is 1. The van der Waals surface area contributed by atoms with Gasteiger partial charge < -0.3 is 15.2 Å². The lowest BCUT2D eigenvalue weighted by atomic mass is 10.2. The molecule has 130 valence electrons. The van der Waals surface area contributed by atoms with Crippen LogP contribution in [0.2, 0.25) is 0 Å². The van der Waals surface area contributed by atoms with E-state index >= 15 is 0 Å². The molecule has 2 aromatic carbocycles. The van der Waals surface area contributed by atoms with E-state index in [4.69, 9.17) is 4.74 Å². The molecule has 0 unspecified atom stereocenters. The normalized spacial score (nSPS) is 12.1. The number of ether oxygens (including phenoxy) is 1. The maximum atomic E-state index is 9.26. The van der Waals surface area contributed by atoms with Gasteiger partial charge in [-0.25, -0.2) is 0 Å². The van der Waals surface area contributed by atoms with Crippen LogP contribution in [0, 0.1) is 0 Å². The maximum Gasteiger partial charge on any atom is 0.345 e. The second-order valence-electron chi connectivity index (χ2n) is 5.63. The van der Waals surface area contributed by atoms with Gasteiger partial charge in [0, 0.05) is 12.6 Å². The van der Waals surface area contributed by atoms with Gasteiger partial charge in [-0.1, -0.05) is 42.4 Å². The number of aromatic nitrogens is 4. The summed E-state index contributed by atoms with van der Waals surface area (Å²) in [5.41, 5.74) is 1.89. The first-order valence-corrected chi connectivity index (χ1v) is 8.25. The number of hydrogen-bond donors (Lipinski definition) is 2. The predicted molar refractivity (Wildman–Crippen MR) is 93.7 cm³/mol. The predicted octanol–water partition coefficient (Wildman–Crippen LogP) is 2.32. The summed E-state index contributed by atoms with van der Waals surface area (Å²) >= 11 is 0. The minimum atomic E-state index is 0.0925. The first-order valence-electron chi connectivity index (χ1n) is 8.25. The first kappa shape index (κ1) is 17.1. The van der Waals surface area contributed by atoms with E-state index in [9.17, 15) is 5.11 Å². The van der Waals surface area contributed by atoms with Crippen molar-refractivity contribution in [1.82, 2.24) is 25.5 Å². The van der Waals surface area contributed by atoms with Crippen molar-refractivity contribution < 1.29 is 9.84 Å². The van der Waals surface area contributed by atoms with Crippen LogP contribution in [0.5, 0.6) is 11.8 Å². The van der Waals surface area contributed by atoms with Crippen molar-refractivity contribution in [3.05, 3.63) is 60.2 Å². The van der Waals surface area contributed by atoms with Crippen LogP contribution in [0.4, 0.5) is 0 Å². The van der Waals surface area contributed by atoms with Gasteiger partial charge in [0.25, 0.3) is 0 Å². The van der Waals surface area contributed by atoms with Crippen LogP contribution in [0.1, 0.15) is 18.9 Å². The molecule has 3 rings (SSSR count). The van der Waals surface area contributed by atoms with E-state index in [1.54, 1.807) is 4.68 Å². The summed E-state index contributed by atoms with van der Waals surface area (Å²) in [4.78, 5) is 0. The van der Waals surface area contributed by atoms with Gasteiger partial charge in [0.2, 0.25) is 0 Å². The van der Waals surface area contributed by atoms with E-state index in [0.29, 0.717) is 18.3 Å². The lowest BCUT2D eigenvalue weighted by molar-refractivity contribution is 0.238. The van der Waals surface area contributed by atoms with Crippen molar-refractivity contribution in [2.45, 2.75) is 25.9 Å². The van der Waals surface area contributed by atoms with Crippen LogP contribution in [0.25, 0.3) is 5.69 Å². The molecule has 0 aliphatic rings. The van der Waals surface area contributed by atoms with E-state index in [-0.39, 0.29) is 12.6 Å². The number of nitrogens with zero attached hydrogens (tertiary/aromatic N) is 4. The van der Waals surface area contributed by atoms with Crippen LogP contribution in [0.3, 0.4) is 0 Å². The summed E-state index contributed by atoms with van der Waals surface area (Å²) in [6.45, 7) is 2.81. The molecule has 0 amide bonds. The fourth-order valence-corrected chi connectivity index (χ4v) is 2.40. The number of aliphatic hydroxyl groups excluding tert-OH is 1. The largest absolute Gasteiger partial charge is 0.423 e. The Kier molecular flexibility index (Phi) is 5.71. The lowest BCUT2D eigenvalue weighted by Crippen LogP contribution is -2.31. The third-order valence-corrected chi connectivity index (χ3v) is 3.86. The molecule has 0 saturated carbocycles. The Morgan fingerprint density at radius 1 is 1.16 bits per heavy atom. The smallest absolute Gasteiger partial charge is 0.345 e. The van der Waals surface area contributed by atoms with Gasteiger partial charge in [-0.2, -0.15) is 4.68 Å². The van der Waals surface area contributed by atoms with Crippen molar-refractivity contribution in [2.75, 3.05) is 6.61 Å². The molecule has 25 heavy (non-hydrogen) atoms. The number of para-hydroxylation sites is 1. The molecule has 1 heterocycles. The molecule has 2 N–H and O–H groups in total. The van der Waals surface area contributed by atoms with Crippen LogP contribution < -0.4 is 10.1 Å². The Labute approximate surface area is 146 Å². The molecule has 7 nitrogen and oxygen atoms in total. The van der Waals surface area contributed by atoms with Crippen molar-refractivity contribution in [1.29, 1.82) is 0 Å². The molecule has 1 atom stereocenters. The molecular weight excluding hydrogens is 318 g/mol. The Balaban J connectivity index is 1.72. The van der Waals surface area contributed by atoms with Crippen LogP contribution in [-0.4, -0.2) is 38.0 Å². The highest BCUT2D eigenvalue weighted by Crippen LogP contribution is 2.22. The van der Waals surface area contributed by atoms with Crippen molar-refractivity contribution in [2.24, 2.45) is 0 Å². The Morgan fingerprint density at radius 2 is 2.00 bits per heavy atom. The zero-order valence-corrected chi connectivity index (χ0v) is 14.0. The van der Waals surface area contributed by atoms with E-state index in [2.05, 4.69) is 20.8 Å². The number of benzene rings is 2. The van der Waals surface area contributed by atoms with Crippen molar-refractivity contribution in [3.63, 3.8) is 0 Å². The molecule has 0 radical (unpaired) electrons. The van der Waals surface area contributed by atoms with Gasteiger partial charge in [0.05, 0.1) is 12.3 Å². The molecule has 1 aromatic heterocycles. The second kappa shape index (κ2) is 8.36. The van der Waals surface area contributed by atoms with Crippen molar-refractivity contribution in [3.8, 4) is 17.4 Å². The van der Waals surface area contributed by atoms with E-state index in [1.807, 2.05) is 61.5 Å². The summed E-state index contributed by atoms with van der Waals surface area (Å²) in [6.07, 6.45) is 0.874. The highest BCUT2D eigenvalue weighted by atomic mass is 16.5. The molecule has 7 heteroatoms. The molecular formula is C18H21N5O2. The number of tetrazole rings is 1. The van der Waals surface area contributed by atoms with Gasteiger partial charge in [-0.3, -0.25) is 0 Å². The summed E-state index contributed by atoms with van der Waals surface area (Å²) in [5, 5.41) is 24.2. The van der Waals surface area contributed by atoms with Crippen LogP contribution in [-0.2, 0) is 6.54 Å². The van der Waals surface area contributed by atoms with Crippen LogP contribution >= 0.6 is 0 Å². The Bertz CT molecular complexity index is 787. The fourth-order valence-electron chi connectivity index (χ4n) is 2.40. The third kappa shape index (κ3) is 4.40. The maximum absolute atomic E-state index is 9.26. The minimum Gasteiger partial charge on any atom is -0.423 e. The summed E-state index contributed by atoms with van der Waals surface area (Å²) in [5.74, 6) is 0.656. The van der Waals surface area contributed by atoms with Gasteiger partial charge in [-0.05, 0) is 46.7 Å². The van der Waals surface area contributed by atoms with Gasteiger partial charge in [-0.15, -0.1) is 0 Å². The Morgan fingerprint density at radius 3 is 2.76 bits per heavy atom. The highest BCUT2D eigenvalue weighted by molar-refractivity contribution is 5.34. The standard InChI is InChI=1S/C18H21N5O2/c1-2-15(13-24)19-12-14-7-6-10-17(11-14)25-18-20-21-22-23(18)16-8-4-3-5-9-16/h3-11,15,19,24H,2,12-13H2,1H3/t15-/m1/s1. The zero-order valence-electron chi connectivity index (χ0n) is 14.0. The Hall–Kier alpha value is -2.77. The number of rotatable bonds is 8. The second-order valence-corrected chi connectivity index (χ2v) is 5.63. The van der Waals surface area contributed by atoms with Gasteiger partial charge in [0.15, 0.2) is 0 Å². The van der Waals surface area contributed by atoms with E-state index < -0.39 is 0 Å². The topological polar surface area (TPSA) is 85.1 Å². The first-order chi connectivity index (χ1) is 12.3. The van der Waals surface area contributed by atoms with Gasteiger partial charge in [0.1, 0.15) is 5.75 Å². The third-order valence-electron chi connectivity index (χ3n) is 3.86. The monoisotopic (exact) mass is 339 g/mol. The summed E-state index contributed by atoms with van der Waals surface area (Å²) in [7, 11) is 0. The summed E-state index contributed by atoms with van der Waals surface area (Å²) in [6, 6.07) is 17.7. The molecule has 0 aliphatic heterocycles. The van der Waals surface area contributed by atoms with Crippen LogP contribution in [0.15, 0.2) is 54.6 Å². The highest BCUT2D eigenvalue weighted by Gasteiger charge is 2.11. The molecule has 3 aromatic rings. The molecule has 0 saturated heterocycles. The molecule has 0 aliphatic carbocycles. The quantitative estimate of drug-likeness (QED) is 0.655. The SMILES string of the molecule is CC[C@H](CO)NCc1cccc(Oc2nnnn2-c2ccccc2)c1. The van der Waals surface area contributed by atoms with E-state index in [0.717, 1.165) is 17.7 Å². The number of hydrogen-bond acceptors (Lipinski definition) is 6. The fraction of sp³-hybridized carbons (Fsp3) is 0.278. The molecule has 0 fully saturated rings. The molecule has 0 spiro atoms. The van der Waals surface area contributed by atoms with Crippen molar-refractivity contribution >= 4 is 0 Å². The van der Waals surface area contributed by atoms with E-state index in [1.165, 1.54) is 0 Å².